The van der Waals surface area contributed by atoms with Gasteiger partial charge in [0, 0.05) is 5.02 Å². The molecule has 0 radical (unpaired) electrons. The molecule has 0 saturated carbocycles. The van der Waals surface area contributed by atoms with Crippen molar-refractivity contribution in [3.05, 3.63) is 74.2 Å². The molecule has 0 atom stereocenters. The van der Waals surface area contributed by atoms with E-state index in [0.717, 1.165) is 6.07 Å². The molecule has 0 amide bonds. The van der Waals surface area contributed by atoms with Crippen molar-refractivity contribution in [2.75, 3.05) is 0 Å². The molecule has 0 saturated heterocycles. The van der Waals surface area contributed by atoms with Crippen molar-refractivity contribution in [2.24, 2.45) is 0 Å². The second-order valence-corrected chi connectivity index (χ2v) is 4.54. The summed E-state index contributed by atoms with van der Waals surface area (Å²) in [6, 6.07) is 9.94. The molecule has 3 aromatic rings. The number of hydrogen-bond donors (Lipinski definition) is 0. The van der Waals surface area contributed by atoms with Crippen molar-refractivity contribution in [1.29, 1.82) is 0 Å². The quantitative estimate of drug-likeness (QED) is 0.693. The maximum Gasteiger partial charge on any atom is 0.427 e. The standard InChI is InChI=1S/C14H7ClFNO3/c15-8-5-6-11(10(16)7-8)17-13(18)9-3-1-2-4-12(9)20-14(17)19/h1-7H. The Kier molecular flexibility index (Phi) is 2.91. The number of hydrogen-bond acceptors (Lipinski definition) is 3. The highest BCUT2D eigenvalue weighted by atomic mass is 35.5. The lowest BCUT2D eigenvalue weighted by molar-refractivity contribution is 0.496. The number of aromatic nitrogens is 1. The predicted octanol–water partition coefficient (Wildman–Crippen LogP) is 2.74. The maximum absolute atomic E-state index is 13.9. The summed E-state index contributed by atoms with van der Waals surface area (Å²) in [5.74, 6) is -1.72. The van der Waals surface area contributed by atoms with Crippen LogP contribution in [-0.4, -0.2) is 4.57 Å². The van der Waals surface area contributed by atoms with Gasteiger partial charge in [0.2, 0.25) is 0 Å². The van der Waals surface area contributed by atoms with Gasteiger partial charge in [-0.05, 0) is 30.3 Å². The Bertz CT molecular complexity index is 930. The summed E-state index contributed by atoms with van der Waals surface area (Å²) in [7, 11) is 0. The zero-order valence-corrected chi connectivity index (χ0v) is 10.7. The molecule has 0 fully saturated rings. The third kappa shape index (κ3) is 1.92. The van der Waals surface area contributed by atoms with Crippen molar-refractivity contribution < 1.29 is 8.81 Å². The van der Waals surface area contributed by atoms with Crippen LogP contribution in [0, 0.1) is 5.82 Å². The highest BCUT2D eigenvalue weighted by Crippen LogP contribution is 2.17. The molecule has 0 bridgehead atoms. The third-order valence-electron chi connectivity index (χ3n) is 2.85. The van der Waals surface area contributed by atoms with Gasteiger partial charge in [0.05, 0.1) is 11.1 Å². The minimum atomic E-state index is -0.949. The topological polar surface area (TPSA) is 52.2 Å². The van der Waals surface area contributed by atoms with Gasteiger partial charge < -0.3 is 4.42 Å². The van der Waals surface area contributed by atoms with E-state index >= 15 is 0 Å². The Labute approximate surface area is 116 Å². The smallest absolute Gasteiger partial charge is 0.409 e. The first-order valence-electron chi connectivity index (χ1n) is 5.68. The van der Waals surface area contributed by atoms with Crippen molar-refractivity contribution in [3.63, 3.8) is 0 Å². The van der Waals surface area contributed by atoms with Gasteiger partial charge in [-0.15, -0.1) is 0 Å². The van der Waals surface area contributed by atoms with Gasteiger partial charge >= 0.3 is 5.76 Å². The molecule has 100 valence electrons. The van der Waals surface area contributed by atoms with E-state index in [-0.39, 0.29) is 21.7 Å². The zero-order chi connectivity index (χ0) is 14.3. The minimum Gasteiger partial charge on any atom is -0.409 e. The van der Waals surface area contributed by atoms with E-state index in [0.29, 0.717) is 4.57 Å². The van der Waals surface area contributed by atoms with Crippen LogP contribution in [-0.2, 0) is 0 Å². The van der Waals surface area contributed by atoms with E-state index in [1.165, 1.54) is 24.3 Å². The molecule has 1 heterocycles. The van der Waals surface area contributed by atoms with Crippen LogP contribution in [0.3, 0.4) is 0 Å². The normalized spacial score (nSPS) is 10.9. The van der Waals surface area contributed by atoms with Crippen LogP contribution in [0.15, 0.2) is 56.5 Å². The average molecular weight is 292 g/mol. The lowest BCUT2D eigenvalue weighted by Gasteiger charge is -2.06. The molecule has 0 spiro atoms. The average Bonchev–Trinajstić information content (AvgIpc) is 2.41. The van der Waals surface area contributed by atoms with E-state index < -0.39 is 17.1 Å². The molecule has 0 aliphatic heterocycles. The molecule has 2 aromatic carbocycles. The molecule has 0 N–H and O–H groups in total. The lowest BCUT2D eigenvalue weighted by atomic mass is 10.2. The number of benzene rings is 2. The monoisotopic (exact) mass is 291 g/mol. The van der Waals surface area contributed by atoms with E-state index in [1.807, 2.05) is 0 Å². The fraction of sp³-hybridized carbons (Fsp3) is 0. The number of halogens is 2. The van der Waals surface area contributed by atoms with Gasteiger partial charge in [0.1, 0.15) is 11.4 Å². The summed E-state index contributed by atoms with van der Waals surface area (Å²) in [6.07, 6.45) is 0. The van der Waals surface area contributed by atoms with Crippen molar-refractivity contribution in [1.82, 2.24) is 4.57 Å². The van der Waals surface area contributed by atoms with Gasteiger partial charge in [0.25, 0.3) is 5.56 Å². The number of para-hydroxylation sites is 1. The fourth-order valence-electron chi connectivity index (χ4n) is 1.95. The van der Waals surface area contributed by atoms with Crippen molar-refractivity contribution >= 4 is 22.6 Å². The van der Waals surface area contributed by atoms with E-state index in [9.17, 15) is 14.0 Å². The second-order valence-electron chi connectivity index (χ2n) is 4.10. The first kappa shape index (κ1) is 12.6. The summed E-state index contributed by atoms with van der Waals surface area (Å²) in [4.78, 5) is 24.2. The van der Waals surface area contributed by atoms with Crippen LogP contribution < -0.4 is 11.3 Å². The van der Waals surface area contributed by atoms with Crippen molar-refractivity contribution in [2.45, 2.75) is 0 Å². The van der Waals surface area contributed by atoms with Crippen molar-refractivity contribution in [3.8, 4) is 5.69 Å². The van der Waals surface area contributed by atoms with Gasteiger partial charge in [0.15, 0.2) is 0 Å². The molecule has 4 nitrogen and oxygen atoms in total. The van der Waals surface area contributed by atoms with Crippen LogP contribution >= 0.6 is 11.6 Å². The molecule has 1 aromatic heterocycles. The molecule has 0 aliphatic rings. The first-order valence-corrected chi connectivity index (χ1v) is 6.06. The zero-order valence-electron chi connectivity index (χ0n) is 9.97. The molecular formula is C14H7ClFNO3. The Hall–Kier alpha value is -2.40. The first-order chi connectivity index (χ1) is 9.58. The summed E-state index contributed by atoms with van der Waals surface area (Å²) in [5, 5.41) is 0.367. The van der Waals surface area contributed by atoms with Crippen LogP contribution in [0.2, 0.25) is 5.02 Å². The summed E-state index contributed by atoms with van der Waals surface area (Å²) >= 11 is 5.65. The van der Waals surface area contributed by atoms with Gasteiger partial charge in [-0.2, -0.15) is 0 Å². The lowest BCUT2D eigenvalue weighted by Crippen LogP contribution is -2.31. The van der Waals surface area contributed by atoms with Crippen LogP contribution in [0.5, 0.6) is 0 Å². The van der Waals surface area contributed by atoms with Crippen LogP contribution in [0.4, 0.5) is 4.39 Å². The Morgan fingerprint density at radius 2 is 1.85 bits per heavy atom. The molecular weight excluding hydrogens is 285 g/mol. The predicted molar refractivity (Wildman–Crippen MR) is 73.0 cm³/mol. The number of rotatable bonds is 1. The van der Waals surface area contributed by atoms with E-state index in [2.05, 4.69) is 0 Å². The van der Waals surface area contributed by atoms with Gasteiger partial charge in [-0.1, -0.05) is 23.7 Å². The summed E-state index contributed by atoms with van der Waals surface area (Å²) in [5.41, 5.74) is -0.676. The second kappa shape index (κ2) is 4.61. The fourth-order valence-corrected chi connectivity index (χ4v) is 2.10. The SMILES string of the molecule is O=c1oc2ccccc2c(=O)n1-c1ccc(Cl)cc1F. The highest BCUT2D eigenvalue weighted by molar-refractivity contribution is 6.30. The van der Waals surface area contributed by atoms with E-state index in [4.69, 9.17) is 16.0 Å². The van der Waals surface area contributed by atoms with Gasteiger partial charge in [-0.25, -0.2) is 13.8 Å². The van der Waals surface area contributed by atoms with Crippen LogP contribution in [0.25, 0.3) is 16.7 Å². The number of fused-ring (bicyclic) bond motifs is 1. The molecule has 0 unspecified atom stereocenters. The largest absolute Gasteiger partial charge is 0.427 e. The summed E-state index contributed by atoms with van der Waals surface area (Å²) in [6.45, 7) is 0. The maximum atomic E-state index is 13.9. The third-order valence-corrected chi connectivity index (χ3v) is 3.09. The summed E-state index contributed by atoms with van der Waals surface area (Å²) < 4.78 is 19.5. The molecule has 6 heteroatoms. The molecule has 3 rings (SSSR count). The minimum absolute atomic E-state index is 0.160. The van der Waals surface area contributed by atoms with Gasteiger partial charge in [-0.3, -0.25) is 4.79 Å². The van der Waals surface area contributed by atoms with E-state index in [1.54, 1.807) is 12.1 Å². The molecule has 20 heavy (non-hydrogen) atoms. The Balaban J connectivity index is 2.43. The Morgan fingerprint density at radius 1 is 1.10 bits per heavy atom. The van der Waals surface area contributed by atoms with Crippen LogP contribution in [0.1, 0.15) is 0 Å². The highest BCUT2D eigenvalue weighted by Gasteiger charge is 2.14. The Morgan fingerprint density at radius 3 is 2.60 bits per heavy atom. The number of nitrogens with zero attached hydrogens (tertiary/aromatic N) is 1. The molecule has 0 aliphatic carbocycles.